The summed E-state index contributed by atoms with van der Waals surface area (Å²) < 4.78 is 0. The molecule has 0 spiro atoms. The summed E-state index contributed by atoms with van der Waals surface area (Å²) in [6, 6.07) is 6.15. The van der Waals surface area contributed by atoms with Crippen molar-refractivity contribution in [2.75, 3.05) is 0 Å². The molecule has 26 heavy (non-hydrogen) atoms. The number of carboxylic acid groups (broad SMARTS) is 1. The molecule has 1 aromatic rings. The van der Waals surface area contributed by atoms with E-state index >= 15 is 0 Å². The maximum Gasteiger partial charge on any atom is 0.303 e. The fourth-order valence-electron chi connectivity index (χ4n) is 3.12. The molecule has 3 N–H and O–H groups in total. The molecular formula is C19H25ClN2O4. The first kappa shape index (κ1) is 20.2. The Morgan fingerprint density at radius 2 is 1.77 bits per heavy atom. The van der Waals surface area contributed by atoms with E-state index in [0.29, 0.717) is 5.02 Å². The SMILES string of the molecule is O=C(O)CC[C@H](NC(=O)Cc1ccc(Cl)cc1)C(=O)NC1CCCCC1. The number of carbonyl (C=O) groups excluding carboxylic acids is 2. The van der Waals surface area contributed by atoms with Crippen LogP contribution in [0.2, 0.25) is 5.02 Å². The van der Waals surface area contributed by atoms with Crippen molar-refractivity contribution < 1.29 is 19.5 Å². The average molecular weight is 381 g/mol. The molecule has 1 aromatic carbocycles. The minimum absolute atomic E-state index is 0.0697. The molecule has 0 bridgehead atoms. The minimum atomic E-state index is -0.993. The minimum Gasteiger partial charge on any atom is -0.481 e. The molecular weight excluding hydrogens is 356 g/mol. The molecule has 0 unspecified atom stereocenters. The predicted molar refractivity (Wildman–Crippen MR) is 99.0 cm³/mol. The van der Waals surface area contributed by atoms with E-state index in [2.05, 4.69) is 10.6 Å². The smallest absolute Gasteiger partial charge is 0.303 e. The molecule has 0 heterocycles. The summed E-state index contributed by atoms with van der Waals surface area (Å²) in [6.45, 7) is 0. The molecule has 1 aliphatic rings. The Labute approximate surface area is 158 Å². The van der Waals surface area contributed by atoms with Crippen molar-refractivity contribution in [2.24, 2.45) is 0 Å². The van der Waals surface area contributed by atoms with Gasteiger partial charge in [0, 0.05) is 17.5 Å². The second-order valence-corrected chi connectivity index (χ2v) is 7.14. The van der Waals surface area contributed by atoms with Gasteiger partial charge in [-0.05, 0) is 37.0 Å². The molecule has 7 heteroatoms. The van der Waals surface area contributed by atoms with E-state index in [0.717, 1.165) is 31.2 Å². The van der Waals surface area contributed by atoms with Gasteiger partial charge < -0.3 is 15.7 Å². The first-order chi connectivity index (χ1) is 12.4. The molecule has 2 amide bonds. The highest BCUT2D eigenvalue weighted by Gasteiger charge is 2.24. The summed E-state index contributed by atoms with van der Waals surface area (Å²) in [5.41, 5.74) is 0.775. The fraction of sp³-hybridized carbons (Fsp3) is 0.526. The Bertz CT molecular complexity index is 627. The normalized spacial score (nSPS) is 15.9. The first-order valence-corrected chi connectivity index (χ1v) is 9.38. The van der Waals surface area contributed by atoms with Gasteiger partial charge in [-0.1, -0.05) is 43.0 Å². The zero-order valence-electron chi connectivity index (χ0n) is 14.7. The van der Waals surface area contributed by atoms with Crippen LogP contribution in [0.5, 0.6) is 0 Å². The number of hydrogen-bond donors (Lipinski definition) is 3. The second kappa shape index (κ2) is 10.2. The highest BCUT2D eigenvalue weighted by Crippen LogP contribution is 2.17. The van der Waals surface area contributed by atoms with Crippen LogP contribution in [0.15, 0.2) is 24.3 Å². The molecule has 142 valence electrons. The lowest BCUT2D eigenvalue weighted by Crippen LogP contribution is -2.50. The van der Waals surface area contributed by atoms with Crippen LogP contribution in [-0.4, -0.2) is 35.0 Å². The van der Waals surface area contributed by atoms with E-state index in [4.69, 9.17) is 16.7 Å². The summed E-state index contributed by atoms with van der Waals surface area (Å²) in [5.74, 6) is -1.61. The van der Waals surface area contributed by atoms with Crippen molar-refractivity contribution in [3.8, 4) is 0 Å². The Hall–Kier alpha value is -2.08. The van der Waals surface area contributed by atoms with Crippen LogP contribution in [0, 0.1) is 0 Å². The monoisotopic (exact) mass is 380 g/mol. The van der Waals surface area contributed by atoms with Crippen molar-refractivity contribution in [1.82, 2.24) is 10.6 Å². The highest BCUT2D eigenvalue weighted by molar-refractivity contribution is 6.30. The van der Waals surface area contributed by atoms with Gasteiger partial charge in [-0.3, -0.25) is 14.4 Å². The molecule has 0 aliphatic heterocycles. The number of carbonyl (C=O) groups is 3. The average Bonchev–Trinajstić information content (AvgIpc) is 2.61. The molecule has 1 aliphatic carbocycles. The lowest BCUT2D eigenvalue weighted by Gasteiger charge is -2.26. The highest BCUT2D eigenvalue weighted by atomic mass is 35.5. The van der Waals surface area contributed by atoms with Crippen LogP contribution in [-0.2, 0) is 20.8 Å². The number of carboxylic acids is 1. The number of aliphatic carboxylic acids is 1. The number of hydrogen-bond acceptors (Lipinski definition) is 3. The Balaban J connectivity index is 1.93. The van der Waals surface area contributed by atoms with Gasteiger partial charge in [-0.15, -0.1) is 0 Å². The number of nitrogens with one attached hydrogen (secondary N) is 2. The zero-order valence-corrected chi connectivity index (χ0v) is 15.4. The lowest BCUT2D eigenvalue weighted by atomic mass is 9.95. The van der Waals surface area contributed by atoms with Crippen LogP contribution in [0.25, 0.3) is 0 Å². The summed E-state index contributed by atoms with van der Waals surface area (Å²) in [7, 11) is 0. The van der Waals surface area contributed by atoms with Crippen molar-refractivity contribution in [3.05, 3.63) is 34.9 Å². The summed E-state index contributed by atoms with van der Waals surface area (Å²) in [5, 5.41) is 15.1. The topological polar surface area (TPSA) is 95.5 Å². The molecule has 0 aromatic heterocycles. The molecule has 0 radical (unpaired) electrons. The van der Waals surface area contributed by atoms with Crippen LogP contribution in [0.3, 0.4) is 0 Å². The van der Waals surface area contributed by atoms with Crippen molar-refractivity contribution in [3.63, 3.8) is 0 Å². The van der Waals surface area contributed by atoms with E-state index in [1.807, 2.05) is 0 Å². The van der Waals surface area contributed by atoms with Gasteiger partial charge >= 0.3 is 5.97 Å². The van der Waals surface area contributed by atoms with Gasteiger partial charge in [0.05, 0.1) is 6.42 Å². The summed E-state index contributed by atoms with van der Waals surface area (Å²) >= 11 is 5.83. The molecule has 6 nitrogen and oxygen atoms in total. The third-order valence-electron chi connectivity index (χ3n) is 4.53. The molecule has 1 fully saturated rings. The van der Waals surface area contributed by atoms with Gasteiger partial charge in [0.2, 0.25) is 11.8 Å². The van der Waals surface area contributed by atoms with Crippen LogP contribution < -0.4 is 10.6 Å². The van der Waals surface area contributed by atoms with E-state index < -0.39 is 12.0 Å². The molecule has 1 atom stereocenters. The van der Waals surface area contributed by atoms with Crippen LogP contribution in [0.4, 0.5) is 0 Å². The van der Waals surface area contributed by atoms with Gasteiger partial charge in [-0.2, -0.15) is 0 Å². The van der Waals surface area contributed by atoms with Crippen molar-refractivity contribution >= 4 is 29.4 Å². The standard InChI is InChI=1S/C19H25ClN2O4/c20-14-8-6-13(7-9-14)12-17(23)22-16(10-11-18(24)25)19(26)21-15-4-2-1-3-5-15/h6-9,15-16H,1-5,10-12H2,(H,21,26)(H,22,23)(H,24,25)/t16-/m0/s1. The Kier molecular flexibility index (Phi) is 7.91. The van der Waals surface area contributed by atoms with E-state index in [-0.39, 0.29) is 37.1 Å². The molecule has 1 saturated carbocycles. The lowest BCUT2D eigenvalue weighted by molar-refractivity contribution is -0.138. The van der Waals surface area contributed by atoms with Gasteiger partial charge in [0.1, 0.15) is 6.04 Å². The van der Waals surface area contributed by atoms with Crippen molar-refractivity contribution in [2.45, 2.75) is 63.5 Å². The Morgan fingerprint density at radius 3 is 2.38 bits per heavy atom. The zero-order chi connectivity index (χ0) is 18.9. The van der Waals surface area contributed by atoms with E-state index in [9.17, 15) is 14.4 Å². The quantitative estimate of drug-likeness (QED) is 0.646. The second-order valence-electron chi connectivity index (χ2n) is 6.70. The number of rotatable bonds is 8. The van der Waals surface area contributed by atoms with Crippen LogP contribution >= 0.6 is 11.6 Å². The maximum atomic E-state index is 12.5. The number of amides is 2. The van der Waals surface area contributed by atoms with Crippen LogP contribution in [0.1, 0.15) is 50.5 Å². The van der Waals surface area contributed by atoms with Gasteiger partial charge in [-0.25, -0.2) is 0 Å². The molecule has 0 saturated heterocycles. The first-order valence-electron chi connectivity index (χ1n) is 9.00. The molecule has 2 rings (SSSR count). The van der Waals surface area contributed by atoms with Crippen molar-refractivity contribution in [1.29, 1.82) is 0 Å². The number of benzene rings is 1. The Morgan fingerprint density at radius 1 is 1.12 bits per heavy atom. The largest absolute Gasteiger partial charge is 0.481 e. The van der Waals surface area contributed by atoms with E-state index in [1.165, 1.54) is 6.42 Å². The predicted octanol–water partition coefficient (Wildman–Crippen LogP) is 2.68. The van der Waals surface area contributed by atoms with E-state index in [1.54, 1.807) is 24.3 Å². The van der Waals surface area contributed by atoms with Gasteiger partial charge in [0.15, 0.2) is 0 Å². The fourth-order valence-corrected chi connectivity index (χ4v) is 3.24. The van der Waals surface area contributed by atoms with Gasteiger partial charge in [0.25, 0.3) is 0 Å². The summed E-state index contributed by atoms with van der Waals surface area (Å²) in [4.78, 5) is 35.7. The number of halogens is 1. The third kappa shape index (κ3) is 7.04. The summed E-state index contributed by atoms with van der Waals surface area (Å²) in [6.07, 6.45) is 5.18. The third-order valence-corrected chi connectivity index (χ3v) is 4.78. The maximum absolute atomic E-state index is 12.5.